The largest absolute Gasteiger partial charge is 0.378 e. The topological polar surface area (TPSA) is 96.1 Å². The van der Waals surface area contributed by atoms with E-state index in [1.807, 2.05) is 0 Å². The molecule has 108 valence electrons. The molecule has 0 spiro atoms. The van der Waals surface area contributed by atoms with Crippen LogP contribution in [-0.4, -0.2) is 51.0 Å². The summed E-state index contributed by atoms with van der Waals surface area (Å²) >= 11 is 0. The van der Waals surface area contributed by atoms with E-state index in [1.54, 1.807) is 0 Å². The first-order chi connectivity index (χ1) is 9.18. The number of nitrogens with zero attached hydrogens (tertiary/aromatic N) is 1. The lowest BCUT2D eigenvalue weighted by atomic mass is 10.1. The maximum atomic E-state index is 11.7. The van der Waals surface area contributed by atoms with Crippen LogP contribution in [0.2, 0.25) is 0 Å². The van der Waals surface area contributed by atoms with Crippen molar-refractivity contribution in [1.29, 1.82) is 0 Å². The number of ether oxygens (including phenoxy) is 1. The van der Waals surface area contributed by atoms with Gasteiger partial charge in [0, 0.05) is 19.3 Å². The molecule has 1 aliphatic heterocycles. The molecule has 0 radical (unpaired) electrons. The Morgan fingerprint density at radius 1 is 1.42 bits per heavy atom. The highest BCUT2D eigenvalue weighted by Crippen LogP contribution is 2.07. The third-order valence-corrected chi connectivity index (χ3v) is 4.46. The van der Waals surface area contributed by atoms with Crippen LogP contribution < -0.4 is 10.0 Å². The van der Waals surface area contributed by atoms with Gasteiger partial charge in [-0.2, -0.15) is 5.10 Å². The van der Waals surface area contributed by atoms with Crippen LogP contribution in [0.4, 0.5) is 0 Å². The van der Waals surface area contributed by atoms with Gasteiger partial charge in [0.2, 0.25) is 10.0 Å². The van der Waals surface area contributed by atoms with E-state index in [2.05, 4.69) is 20.2 Å². The molecule has 0 aliphatic carbocycles. The molecule has 1 aliphatic rings. The molecule has 1 saturated heterocycles. The van der Waals surface area contributed by atoms with Crippen LogP contribution in [0.1, 0.15) is 19.3 Å². The number of aromatic nitrogens is 2. The zero-order chi connectivity index (χ0) is 13.6. The van der Waals surface area contributed by atoms with Gasteiger partial charge in [-0.1, -0.05) is 0 Å². The van der Waals surface area contributed by atoms with Gasteiger partial charge in [-0.15, -0.1) is 0 Å². The van der Waals surface area contributed by atoms with Crippen molar-refractivity contribution in [2.24, 2.45) is 0 Å². The summed E-state index contributed by atoms with van der Waals surface area (Å²) in [4.78, 5) is 0.159. The molecule has 2 heterocycles. The first-order valence-electron chi connectivity index (χ1n) is 6.49. The summed E-state index contributed by atoms with van der Waals surface area (Å²) in [5, 5.41) is 9.37. The second kappa shape index (κ2) is 6.99. The van der Waals surface area contributed by atoms with Crippen LogP contribution in [0.25, 0.3) is 0 Å². The first-order valence-corrected chi connectivity index (χ1v) is 7.97. The number of sulfonamides is 1. The molecule has 0 unspecified atom stereocenters. The summed E-state index contributed by atoms with van der Waals surface area (Å²) in [5.41, 5.74) is 0. The number of hydrogen-bond donors (Lipinski definition) is 3. The number of H-pyrrole nitrogens is 1. The molecule has 1 aromatic rings. The van der Waals surface area contributed by atoms with Gasteiger partial charge in [0.25, 0.3) is 0 Å². The molecule has 2 rings (SSSR count). The number of piperidine rings is 1. The van der Waals surface area contributed by atoms with Gasteiger partial charge >= 0.3 is 0 Å². The summed E-state index contributed by atoms with van der Waals surface area (Å²) in [6.07, 6.45) is 5.68. The van der Waals surface area contributed by atoms with E-state index in [9.17, 15) is 8.42 Å². The zero-order valence-electron chi connectivity index (χ0n) is 10.8. The summed E-state index contributed by atoms with van der Waals surface area (Å²) in [6.45, 7) is 2.95. The molecule has 0 aromatic carbocycles. The van der Waals surface area contributed by atoms with E-state index in [0.29, 0.717) is 25.7 Å². The van der Waals surface area contributed by atoms with Gasteiger partial charge in [0.15, 0.2) is 0 Å². The second-order valence-electron chi connectivity index (χ2n) is 4.51. The fourth-order valence-electron chi connectivity index (χ4n) is 1.96. The minimum Gasteiger partial charge on any atom is -0.378 e. The van der Waals surface area contributed by atoms with E-state index in [1.165, 1.54) is 12.4 Å². The van der Waals surface area contributed by atoms with Gasteiger partial charge in [-0.25, -0.2) is 13.1 Å². The smallest absolute Gasteiger partial charge is 0.243 e. The van der Waals surface area contributed by atoms with E-state index in [0.717, 1.165) is 25.9 Å². The third kappa shape index (κ3) is 4.57. The highest BCUT2D eigenvalue weighted by atomic mass is 32.2. The number of hydrogen-bond acceptors (Lipinski definition) is 5. The van der Waals surface area contributed by atoms with Gasteiger partial charge in [0.05, 0.1) is 12.3 Å². The fraction of sp³-hybridized carbons (Fsp3) is 0.727. The predicted octanol–water partition coefficient (Wildman–Crippen LogP) is -0.153. The first kappa shape index (κ1) is 14.4. The highest BCUT2D eigenvalue weighted by molar-refractivity contribution is 7.89. The van der Waals surface area contributed by atoms with Crippen LogP contribution in [0, 0.1) is 0 Å². The van der Waals surface area contributed by atoms with Crippen molar-refractivity contribution in [1.82, 2.24) is 20.2 Å². The summed E-state index contributed by atoms with van der Waals surface area (Å²) in [7, 11) is -3.43. The summed E-state index contributed by atoms with van der Waals surface area (Å²) in [6, 6.07) is 0. The fourth-order valence-corrected chi connectivity index (χ4v) is 2.94. The molecule has 19 heavy (non-hydrogen) atoms. The molecule has 3 N–H and O–H groups in total. The van der Waals surface area contributed by atoms with Gasteiger partial charge in [-0.05, 0) is 32.4 Å². The molecule has 7 nitrogen and oxygen atoms in total. The minimum absolute atomic E-state index is 0.159. The van der Waals surface area contributed by atoms with Crippen LogP contribution in [0.15, 0.2) is 17.3 Å². The maximum Gasteiger partial charge on any atom is 0.243 e. The average Bonchev–Trinajstić information content (AvgIpc) is 2.94. The number of aromatic amines is 1. The van der Waals surface area contributed by atoms with Gasteiger partial charge in [-0.3, -0.25) is 5.10 Å². The van der Waals surface area contributed by atoms with Crippen molar-refractivity contribution in [2.45, 2.75) is 30.3 Å². The van der Waals surface area contributed by atoms with Crippen molar-refractivity contribution < 1.29 is 13.2 Å². The van der Waals surface area contributed by atoms with Crippen molar-refractivity contribution in [3.8, 4) is 0 Å². The van der Waals surface area contributed by atoms with Crippen LogP contribution in [-0.2, 0) is 14.8 Å². The molecular weight excluding hydrogens is 268 g/mol. The number of nitrogens with one attached hydrogen (secondary N) is 3. The summed E-state index contributed by atoms with van der Waals surface area (Å²) in [5.74, 6) is 0. The Kier molecular flexibility index (Phi) is 5.32. The van der Waals surface area contributed by atoms with Crippen molar-refractivity contribution in [3.63, 3.8) is 0 Å². The third-order valence-electron chi connectivity index (χ3n) is 3.04. The molecule has 0 saturated carbocycles. The van der Waals surface area contributed by atoms with Crippen molar-refractivity contribution in [2.75, 3.05) is 26.2 Å². The van der Waals surface area contributed by atoms with E-state index in [-0.39, 0.29) is 4.90 Å². The molecule has 1 fully saturated rings. The molecule has 1 aromatic heterocycles. The Balaban J connectivity index is 1.61. The Bertz CT molecular complexity index is 454. The lowest BCUT2D eigenvalue weighted by molar-refractivity contribution is 0.0322. The summed E-state index contributed by atoms with van der Waals surface area (Å²) < 4.78 is 31.7. The van der Waals surface area contributed by atoms with Gasteiger partial charge < -0.3 is 10.1 Å². The Labute approximate surface area is 113 Å². The monoisotopic (exact) mass is 288 g/mol. The van der Waals surface area contributed by atoms with E-state index >= 15 is 0 Å². The molecular formula is C11H20N4O3S. The molecule has 0 atom stereocenters. The van der Waals surface area contributed by atoms with Crippen molar-refractivity contribution in [3.05, 3.63) is 12.4 Å². The van der Waals surface area contributed by atoms with Crippen LogP contribution >= 0.6 is 0 Å². The predicted molar refractivity (Wildman–Crippen MR) is 70.2 cm³/mol. The van der Waals surface area contributed by atoms with Crippen LogP contribution in [0.3, 0.4) is 0 Å². The van der Waals surface area contributed by atoms with E-state index < -0.39 is 10.0 Å². The molecule has 8 heteroatoms. The Morgan fingerprint density at radius 2 is 2.21 bits per heavy atom. The lowest BCUT2D eigenvalue weighted by Crippen LogP contribution is -2.33. The quantitative estimate of drug-likeness (QED) is 0.606. The standard InChI is InChI=1S/C11H20N4O3S/c16-19(17,11-8-13-14-9-11)15-4-1-7-18-10-2-5-12-6-3-10/h8-10,12,15H,1-7H2,(H,13,14). The molecule has 0 amide bonds. The lowest BCUT2D eigenvalue weighted by Gasteiger charge is -2.22. The van der Waals surface area contributed by atoms with Crippen molar-refractivity contribution >= 4 is 10.0 Å². The van der Waals surface area contributed by atoms with Crippen LogP contribution in [0.5, 0.6) is 0 Å². The SMILES string of the molecule is O=S(=O)(NCCCOC1CCNCC1)c1cn[nH]c1. The second-order valence-corrected chi connectivity index (χ2v) is 6.27. The highest BCUT2D eigenvalue weighted by Gasteiger charge is 2.15. The van der Waals surface area contributed by atoms with E-state index in [4.69, 9.17) is 4.74 Å². The van der Waals surface area contributed by atoms with Gasteiger partial charge in [0.1, 0.15) is 4.90 Å². The maximum absolute atomic E-state index is 11.7. The Morgan fingerprint density at radius 3 is 2.89 bits per heavy atom. The number of rotatable bonds is 7. The normalized spacial score (nSPS) is 17.7. The Hall–Kier alpha value is -0.960. The molecule has 0 bridgehead atoms. The zero-order valence-corrected chi connectivity index (χ0v) is 11.6. The average molecular weight is 288 g/mol. The minimum atomic E-state index is -3.43.